The number of nitrogens with zero attached hydrogens (tertiary/aromatic N) is 1. The lowest BCUT2D eigenvalue weighted by atomic mass is 10.1. The average molecular weight is 302 g/mol. The van der Waals surface area contributed by atoms with Crippen LogP contribution in [0.25, 0.3) is 10.1 Å². The standard InChI is InChI=1S/C16H18N2S2/c1-3-13(16-17-8-9-19-16)18-11(2)15-10-12-6-4-5-7-14(12)20-15/h4-11,13,18H,3H2,1-2H3. The molecular formula is C16H18N2S2. The van der Waals surface area contributed by atoms with Gasteiger partial charge in [-0.25, -0.2) is 4.98 Å². The van der Waals surface area contributed by atoms with Gasteiger partial charge in [0.2, 0.25) is 0 Å². The van der Waals surface area contributed by atoms with E-state index in [9.17, 15) is 0 Å². The Morgan fingerprint density at radius 3 is 2.85 bits per heavy atom. The number of fused-ring (bicyclic) bond motifs is 1. The lowest BCUT2D eigenvalue weighted by Gasteiger charge is -2.19. The molecule has 2 aromatic heterocycles. The van der Waals surface area contributed by atoms with Crippen LogP contribution in [0.15, 0.2) is 41.9 Å². The third-order valence-corrected chi connectivity index (χ3v) is 5.67. The van der Waals surface area contributed by atoms with E-state index in [2.05, 4.69) is 54.5 Å². The van der Waals surface area contributed by atoms with Crippen LogP contribution in [-0.2, 0) is 0 Å². The van der Waals surface area contributed by atoms with Crippen molar-refractivity contribution in [2.75, 3.05) is 0 Å². The first-order chi connectivity index (χ1) is 9.78. The first-order valence-corrected chi connectivity index (χ1v) is 8.61. The summed E-state index contributed by atoms with van der Waals surface area (Å²) in [6.07, 6.45) is 2.94. The highest BCUT2D eigenvalue weighted by molar-refractivity contribution is 7.19. The number of thiophene rings is 1. The monoisotopic (exact) mass is 302 g/mol. The summed E-state index contributed by atoms with van der Waals surface area (Å²) in [5.41, 5.74) is 0. The molecule has 3 aromatic rings. The van der Waals surface area contributed by atoms with Crippen molar-refractivity contribution < 1.29 is 0 Å². The largest absolute Gasteiger partial charge is 0.300 e. The van der Waals surface area contributed by atoms with Crippen molar-refractivity contribution in [3.8, 4) is 0 Å². The highest BCUT2D eigenvalue weighted by atomic mass is 32.1. The van der Waals surface area contributed by atoms with E-state index in [0.717, 1.165) is 6.42 Å². The van der Waals surface area contributed by atoms with E-state index in [1.165, 1.54) is 20.0 Å². The van der Waals surface area contributed by atoms with Gasteiger partial charge in [-0.15, -0.1) is 22.7 Å². The summed E-state index contributed by atoms with van der Waals surface area (Å²) in [7, 11) is 0. The van der Waals surface area contributed by atoms with Crippen LogP contribution in [0.1, 0.15) is 42.2 Å². The van der Waals surface area contributed by atoms with Crippen LogP contribution in [0.3, 0.4) is 0 Å². The highest BCUT2D eigenvalue weighted by Crippen LogP contribution is 2.31. The van der Waals surface area contributed by atoms with E-state index in [0.29, 0.717) is 12.1 Å². The number of benzene rings is 1. The van der Waals surface area contributed by atoms with Crippen molar-refractivity contribution in [3.63, 3.8) is 0 Å². The summed E-state index contributed by atoms with van der Waals surface area (Å²) in [5.74, 6) is 0. The van der Waals surface area contributed by atoms with E-state index in [-0.39, 0.29) is 0 Å². The van der Waals surface area contributed by atoms with Gasteiger partial charge in [0, 0.05) is 27.2 Å². The Labute approximate surface area is 127 Å². The Morgan fingerprint density at radius 2 is 2.15 bits per heavy atom. The van der Waals surface area contributed by atoms with Gasteiger partial charge in [0.1, 0.15) is 5.01 Å². The van der Waals surface area contributed by atoms with E-state index < -0.39 is 0 Å². The fraction of sp³-hybridized carbons (Fsp3) is 0.312. The average Bonchev–Trinajstić information content (AvgIpc) is 3.13. The highest BCUT2D eigenvalue weighted by Gasteiger charge is 2.17. The van der Waals surface area contributed by atoms with Crippen molar-refractivity contribution in [3.05, 3.63) is 51.8 Å². The minimum atomic E-state index is 0.343. The molecule has 2 nitrogen and oxygen atoms in total. The van der Waals surface area contributed by atoms with Crippen molar-refractivity contribution in [1.29, 1.82) is 0 Å². The zero-order chi connectivity index (χ0) is 13.9. The molecule has 0 saturated heterocycles. The maximum Gasteiger partial charge on any atom is 0.109 e. The van der Waals surface area contributed by atoms with Crippen molar-refractivity contribution in [2.45, 2.75) is 32.4 Å². The normalized spacial score (nSPS) is 14.5. The molecule has 0 radical (unpaired) electrons. The number of hydrogen-bond acceptors (Lipinski definition) is 4. The summed E-state index contributed by atoms with van der Waals surface area (Å²) < 4.78 is 1.36. The maximum absolute atomic E-state index is 4.44. The van der Waals surface area contributed by atoms with E-state index >= 15 is 0 Å². The predicted molar refractivity (Wildman–Crippen MR) is 88.5 cm³/mol. The van der Waals surface area contributed by atoms with E-state index in [4.69, 9.17) is 0 Å². The van der Waals surface area contributed by atoms with Crippen LogP contribution in [0.2, 0.25) is 0 Å². The Kier molecular flexibility index (Phi) is 4.15. The molecule has 4 heteroatoms. The van der Waals surface area contributed by atoms with Gasteiger partial charge < -0.3 is 5.32 Å². The number of hydrogen-bond donors (Lipinski definition) is 1. The first-order valence-electron chi connectivity index (χ1n) is 6.92. The zero-order valence-corrected chi connectivity index (χ0v) is 13.3. The third-order valence-electron chi connectivity index (χ3n) is 3.48. The molecule has 1 N–H and O–H groups in total. The Bertz CT molecular complexity index is 640. The molecule has 0 aliphatic rings. The smallest absolute Gasteiger partial charge is 0.109 e. The van der Waals surface area contributed by atoms with Gasteiger partial charge in [-0.3, -0.25) is 0 Å². The number of nitrogens with one attached hydrogen (secondary N) is 1. The van der Waals surface area contributed by atoms with Gasteiger partial charge >= 0.3 is 0 Å². The molecule has 0 aliphatic heterocycles. The lowest BCUT2D eigenvalue weighted by Crippen LogP contribution is -2.23. The molecular weight excluding hydrogens is 284 g/mol. The summed E-state index contributed by atoms with van der Waals surface area (Å²) in [6.45, 7) is 4.44. The molecule has 0 fully saturated rings. The van der Waals surface area contributed by atoms with Gasteiger partial charge in [-0.1, -0.05) is 25.1 Å². The molecule has 2 heterocycles. The fourth-order valence-electron chi connectivity index (χ4n) is 2.37. The number of rotatable bonds is 5. The summed E-state index contributed by atoms with van der Waals surface area (Å²) in [6, 6.07) is 11.6. The Balaban J connectivity index is 1.79. The Morgan fingerprint density at radius 1 is 1.30 bits per heavy atom. The molecule has 20 heavy (non-hydrogen) atoms. The van der Waals surface area contributed by atoms with Crippen LogP contribution in [0, 0.1) is 0 Å². The van der Waals surface area contributed by atoms with Gasteiger partial charge in [-0.05, 0) is 30.9 Å². The second kappa shape index (κ2) is 6.04. The van der Waals surface area contributed by atoms with Crippen LogP contribution in [0.4, 0.5) is 0 Å². The van der Waals surface area contributed by atoms with Crippen LogP contribution in [-0.4, -0.2) is 4.98 Å². The summed E-state index contributed by atoms with van der Waals surface area (Å²) in [5, 5.41) is 8.27. The molecule has 2 unspecified atom stereocenters. The van der Waals surface area contributed by atoms with Gasteiger partial charge in [-0.2, -0.15) is 0 Å². The van der Waals surface area contributed by atoms with Crippen LogP contribution < -0.4 is 5.32 Å². The second-order valence-corrected chi connectivity index (χ2v) is 6.95. The van der Waals surface area contributed by atoms with E-state index in [1.807, 2.05) is 22.9 Å². The summed E-state index contributed by atoms with van der Waals surface area (Å²) >= 11 is 3.60. The van der Waals surface area contributed by atoms with Crippen molar-refractivity contribution >= 4 is 32.8 Å². The van der Waals surface area contributed by atoms with Gasteiger partial charge in [0.05, 0.1) is 6.04 Å². The first kappa shape index (κ1) is 13.7. The molecule has 0 amide bonds. The van der Waals surface area contributed by atoms with Crippen LogP contribution >= 0.6 is 22.7 Å². The zero-order valence-electron chi connectivity index (χ0n) is 11.7. The second-order valence-electron chi connectivity index (χ2n) is 4.91. The molecule has 3 rings (SSSR count). The minimum absolute atomic E-state index is 0.343. The molecule has 0 saturated carbocycles. The van der Waals surface area contributed by atoms with Crippen LogP contribution in [0.5, 0.6) is 0 Å². The molecule has 0 spiro atoms. The Hall–Kier alpha value is -1.23. The molecule has 0 bridgehead atoms. The summed E-state index contributed by atoms with van der Waals surface area (Å²) in [4.78, 5) is 5.83. The van der Waals surface area contributed by atoms with Gasteiger partial charge in [0.15, 0.2) is 0 Å². The third kappa shape index (κ3) is 2.77. The number of aromatic nitrogens is 1. The van der Waals surface area contributed by atoms with Crippen molar-refractivity contribution in [2.24, 2.45) is 0 Å². The molecule has 104 valence electrons. The van der Waals surface area contributed by atoms with Crippen molar-refractivity contribution in [1.82, 2.24) is 10.3 Å². The quantitative estimate of drug-likeness (QED) is 0.704. The minimum Gasteiger partial charge on any atom is -0.300 e. The number of thiazole rings is 1. The molecule has 0 aliphatic carbocycles. The topological polar surface area (TPSA) is 24.9 Å². The van der Waals surface area contributed by atoms with E-state index in [1.54, 1.807) is 11.3 Å². The SMILES string of the molecule is CCC(NC(C)c1cc2ccccc2s1)c1nccs1. The molecule has 2 atom stereocenters. The fourth-order valence-corrected chi connectivity index (χ4v) is 4.23. The van der Waals surface area contributed by atoms with Gasteiger partial charge in [0.25, 0.3) is 0 Å². The molecule has 1 aromatic carbocycles. The predicted octanol–water partition coefficient (Wildman–Crippen LogP) is 5.16. The maximum atomic E-state index is 4.44. The lowest BCUT2D eigenvalue weighted by molar-refractivity contribution is 0.459.